The van der Waals surface area contributed by atoms with Gasteiger partial charge in [0, 0.05) is 12.6 Å². The van der Waals surface area contributed by atoms with Gasteiger partial charge in [-0.2, -0.15) is 0 Å². The second-order valence-corrected chi connectivity index (χ2v) is 6.70. The molecule has 0 radical (unpaired) electrons. The Bertz CT molecular complexity index is 133. The maximum Gasteiger partial charge on any atom is 0.00791 e. The average molecular weight is 157 g/mol. The van der Waals surface area contributed by atoms with E-state index in [2.05, 4.69) is 18.6 Å². The van der Waals surface area contributed by atoms with Crippen LogP contribution >= 0.6 is 7.92 Å². The molecule has 2 heteroatoms. The van der Waals surface area contributed by atoms with E-state index in [4.69, 9.17) is 0 Å². The molecule has 1 nitrogen and oxygen atoms in total. The van der Waals surface area contributed by atoms with Crippen molar-refractivity contribution in [2.75, 3.05) is 26.0 Å². The van der Waals surface area contributed by atoms with E-state index < -0.39 is 0 Å². The van der Waals surface area contributed by atoms with E-state index in [9.17, 15) is 0 Å². The van der Waals surface area contributed by atoms with Crippen LogP contribution in [0.2, 0.25) is 0 Å². The van der Waals surface area contributed by atoms with Gasteiger partial charge in [-0.05, 0) is 37.7 Å². The predicted octanol–water partition coefficient (Wildman–Crippen LogP) is 1.48. The van der Waals surface area contributed by atoms with E-state index in [0.29, 0.717) is 7.92 Å². The van der Waals surface area contributed by atoms with E-state index in [1.807, 2.05) is 0 Å². The van der Waals surface area contributed by atoms with Crippen molar-refractivity contribution < 1.29 is 0 Å². The van der Waals surface area contributed by atoms with Crippen LogP contribution in [0.5, 0.6) is 0 Å². The SMILES string of the molecule is CP(C)CC12CNC(C1)C2. The normalized spacial score (nSPS) is 44.1. The van der Waals surface area contributed by atoms with Crippen molar-refractivity contribution in [2.45, 2.75) is 18.9 Å². The molecular weight excluding hydrogens is 141 g/mol. The van der Waals surface area contributed by atoms with E-state index in [1.165, 1.54) is 25.5 Å². The Morgan fingerprint density at radius 1 is 1.50 bits per heavy atom. The third-order valence-corrected chi connectivity index (χ3v) is 4.08. The monoisotopic (exact) mass is 157 g/mol. The van der Waals surface area contributed by atoms with Crippen molar-refractivity contribution in [1.82, 2.24) is 5.32 Å². The molecule has 0 aromatic heterocycles. The molecule has 1 N–H and O–H groups in total. The first-order chi connectivity index (χ1) is 4.70. The summed E-state index contributed by atoms with van der Waals surface area (Å²) in [6.07, 6.45) is 4.47. The number of fused-ring (bicyclic) bond motifs is 1. The molecule has 58 valence electrons. The molecule has 0 atom stereocenters. The van der Waals surface area contributed by atoms with Gasteiger partial charge in [-0.15, -0.1) is 7.92 Å². The van der Waals surface area contributed by atoms with Crippen LogP contribution in [0.1, 0.15) is 12.8 Å². The van der Waals surface area contributed by atoms with Gasteiger partial charge in [0.15, 0.2) is 0 Å². The molecule has 1 saturated carbocycles. The average Bonchev–Trinajstić information content (AvgIpc) is 2.18. The lowest BCUT2D eigenvalue weighted by molar-refractivity contribution is 0.232. The van der Waals surface area contributed by atoms with E-state index in [0.717, 1.165) is 11.5 Å². The first-order valence-electron chi connectivity index (χ1n) is 4.08. The van der Waals surface area contributed by atoms with Crippen LogP contribution in [0.3, 0.4) is 0 Å². The summed E-state index contributed by atoms with van der Waals surface area (Å²) in [6.45, 7) is 6.11. The Morgan fingerprint density at radius 2 is 2.20 bits per heavy atom. The van der Waals surface area contributed by atoms with Gasteiger partial charge in [-0.1, -0.05) is 0 Å². The topological polar surface area (TPSA) is 12.0 Å². The van der Waals surface area contributed by atoms with Gasteiger partial charge in [-0.25, -0.2) is 0 Å². The zero-order valence-corrected chi connectivity index (χ0v) is 7.75. The van der Waals surface area contributed by atoms with Crippen molar-refractivity contribution in [3.05, 3.63) is 0 Å². The summed E-state index contributed by atoms with van der Waals surface area (Å²) in [5.41, 5.74) is 0.778. The van der Waals surface area contributed by atoms with Gasteiger partial charge >= 0.3 is 0 Å². The second kappa shape index (κ2) is 2.19. The maximum atomic E-state index is 3.55. The highest BCUT2D eigenvalue weighted by Crippen LogP contribution is 2.51. The molecule has 1 aliphatic carbocycles. The Morgan fingerprint density at radius 3 is 2.60 bits per heavy atom. The summed E-state index contributed by atoms with van der Waals surface area (Å²) in [4.78, 5) is 0. The molecule has 0 aromatic carbocycles. The highest BCUT2D eigenvalue weighted by Gasteiger charge is 2.49. The summed E-state index contributed by atoms with van der Waals surface area (Å²) in [6, 6.07) is 0.912. The Kier molecular flexibility index (Phi) is 1.54. The van der Waals surface area contributed by atoms with Crippen LogP contribution in [0.4, 0.5) is 0 Å². The number of hydrogen-bond acceptors (Lipinski definition) is 1. The summed E-state index contributed by atoms with van der Waals surface area (Å²) in [5, 5.41) is 3.55. The third kappa shape index (κ3) is 1.00. The van der Waals surface area contributed by atoms with Crippen LogP contribution in [-0.2, 0) is 0 Å². The Balaban J connectivity index is 1.92. The van der Waals surface area contributed by atoms with Crippen molar-refractivity contribution in [3.8, 4) is 0 Å². The van der Waals surface area contributed by atoms with Crippen molar-refractivity contribution >= 4 is 7.92 Å². The van der Waals surface area contributed by atoms with E-state index in [-0.39, 0.29) is 0 Å². The van der Waals surface area contributed by atoms with Crippen molar-refractivity contribution in [3.63, 3.8) is 0 Å². The number of hydrogen-bond donors (Lipinski definition) is 1. The highest BCUT2D eigenvalue weighted by molar-refractivity contribution is 7.56. The molecular formula is C8H16NP. The lowest BCUT2D eigenvalue weighted by Gasteiger charge is -2.38. The molecule has 0 amide bonds. The minimum absolute atomic E-state index is 0.338. The predicted molar refractivity (Wildman–Crippen MR) is 47.1 cm³/mol. The first-order valence-corrected chi connectivity index (χ1v) is 6.50. The van der Waals surface area contributed by atoms with E-state index >= 15 is 0 Å². The molecule has 3 aliphatic rings. The van der Waals surface area contributed by atoms with Gasteiger partial charge in [0.25, 0.3) is 0 Å². The molecule has 2 heterocycles. The molecule has 2 saturated heterocycles. The fourth-order valence-corrected chi connectivity index (χ4v) is 4.20. The minimum Gasteiger partial charge on any atom is -0.313 e. The smallest absolute Gasteiger partial charge is 0.00791 e. The maximum absolute atomic E-state index is 3.55. The number of nitrogens with one attached hydrogen (secondary N) is 1. The van der Waals surface area contributed by atoms with Crippen LogP contribution < -0.4 is 5.32 Å². The molecule has 0 spiro atoms. The molecule has 2 aliphatic heterocycles. The van der Waals surface area contributed by atoms with Gasteiger partial charge in [0.2, 0.25) is 0 Å². The van der Waals surface area contributed by atoms with Gasteiger partial charge < -0.3 is 5.32 Å². The summed E-state index contributed by atoms with van der Waals surface area (Å²) < 4.78 is 0. The second-order valence-electron chi connectivity index (χ2n) is 4.22. The molecule has 2 bridgehead atoms. The summed E-state index contributed by atoms with van der Waals surface area (Å²) in [5.74, 6) is 0. The van der Waals surface area contributed by atoms with Crippen LogP contribution in [-0.4, -0.2) is 32.1 Å². The summed E-state index contributed by atoms with van der Waals surface area (Å²) >= 11 is 0. The quantitative estimate of drug-likeness (QED) is 0.599. The van der Waals surface area contributed by atoms with Crippen molar-refractivity contribution in [2.24, 2.45) is 5.41 Å². The Labute approximate surface area is 64.3 Å². The molecule has 10 heavy (non-hydrogen) atoms. The van der Waals surface area contributed by atoms with Crippen molar-refractivity contribution in [1.29, 1.82) is 0 Å². The largest absolute Gasteiger partial charge is 0.313 e. The van der Waals surface area contributed by atoms with Gasteiger partial charge in [0.05, 0.1) is 0 Å². The number of rotatable bonds is 2. The standard InChI is InChI=1S/C8H16NP/c1-10(2)6-8-3-7(4-8)9-5-8/h7,9H,3-6H2,1-2H3. The fraction of sp³-hybridized carbons (Fsp3) is 1.00. The van der Waals surface area contributed by atoms with Crippen LogP contribution in [0.15, 0.2) is 0 Å². The zero-order chi connectivity index (χ0) is 7.19. The Hall–Kier alpha value is 0.390. The fourth-order valence-electron chi connectivity index (χ4n) is 2.49. The van der Waals surface area contributed by atoms with Crippen LogP contribution in [0, 0.1) is 5.41 Å². The lowest BCUT2D eigenvalue weighted by atomic mass is 9.72. The molecule has 0 unspecified atom stereocenters. The zero-order valence-electron chi connectivity index (χ0n) is 6.85. The van der Waals surface area contributed by atoms with E-state index in [1.54, 1.807) is 0 Å². The summed E-state index contributed by atoms with van der Waals surface area (Å²) in [7, 11) is 0.338. The van der Waals surface area contributed by atoms with Gasteiger partial charge in [-0.3, -0.25) is 0 Å². The minimum atomic E-state index is 0.338. The molecule has 3 fully saturated rings. The molecule has 3 rings (SSSR count). The first kappa shape index (κ1) is 7.06. The molecule has 0 aromatic rings. The lowest BCUT2D eigenvalue weighted by Crippen LogP contribution is -2.36. The van der Waals surface area contributed by atoms with Crippen LogP contribution in [0.25, 0.3) is 0 Å². The highest BCUT2D eigenvalue weighted by atomic mass is 31.1. The van der Waals surface area contributed by atoms with Gasteiger partial charge in [0.1, 0.15) is 0 Å². The third-order valence-electron chi connectivity index (χ3n) is 2.78.